The number of amides is 4. The molecule has 2 aromatic rings. The van der Waals surface area contributed by atoms with Gasteiger partial charge in [-0.1, -0.05) is 50.6 Å². The van der Waals surface area contributed by atoms with Crippen LogP contribution in [0.15, 0.2) is 54.6 Å². The Hall–Kier alpha value is -3.55. The van der Waals surface area contributed by atoms with Gasteiger partial charge in [0.05, 0.1) is 0 Å². The van der Waals surface area contributed by atoms with Gasteiger partial charge in [0.15, 0.2) is 0 Å². The molecule has 0 saturated carbocycles. The van der Waals surface area contributed by atoms with E-state index in [4.69, 9.17) is 10.5 Å². The maximum Gasteiger partial charge on any atom is 0.312 e. The minimum Gasteiger partial charge on any atom is -0.489 e. The number of carbonyl (C=O) groups excluding carboxylic acids is 3. The second kappa shape index (κ2) is 10.7. The minimum atomic E-state index is -0.838. The van der Waals surface area contributed by atoms with Gasteiger partial charge in [0.1, 0.15) is 18.4 Å². The lowest BCUT2D eigenvalue weighted by Crippen LogP contribution is -2.55. The molecule has 0 bridgehead atoms. The molecule has 2 aromatic carbocycles. The number of ether oxygens (including phenoxy) is 1. The Morgan fingerprint density at radius 1 is 1.00 bits per heavy atom. The first kappa shape index (κ1) is 21.7. The van der Waals surface area contributed by atoms with Gasteiger partial charge in [-0.25, -0.2) is 4.79 Å². The van der Waals surface area contributed by atoms with Gasteiger partial charge in [-0.2, -0.15) is 0 Å². The van der Waals surface area contributed by atoms with Crippen molar-refractivity contribution >= 4 is 17.8 Å². The summed E-state index contributed by atoms with van der Waals surface area (Å²) in [6, 6.07) is 14.6. The van der Waals surface area contributed by atoms with E-state index in [1.807, 2.05) is 37.3 Å². The van der Waals surface area contributed by atoms with Gasteiger partial charge < -0.3 is 15.8 Å². The molecular formula is C21H26N4O4. The van der Waals surface area contributed by atoms with Gasteiger partial charge in [0, 0.05) is 5.56 Å². The highest BCUT2D eigenvalue weighted by atomic mass is 16.5. The van der Waals surface area contributed by atoms with E-state index in [2.05, 4.69) is 16.2 Å². The zero-order valence-corrected chi connectivity index (χ0v) is 16.5. The fraction of sp³-hybridized carbons (Fsp3) is 0.286. The van der Waals surface area contributed by atoms with Crippen molar-refractivity contribution in [3.8, 4) is 5.75 Å². The number of hydrogen-bond donors (Lipinski definition) is 4. The Bertz CT molecular complexity index is 824. The van der Waals surface area contributed by atoms with Crippen molar-refractivity contribution in [2.45, 2.75) is 32.9 Å². The van der Waals surface area contributed by atoms with E-state index in [1.54, 1.807) is 31.2 Å². The van der Waals surface area contributed by atoms with Crippen molar-refractivity contribution in [1.29, 1.82) is 0 Å². The molecule has 0 fully saturated rings. The standard InChI is InChI=1S/C21H26N4O4/c1-3-14(2)18(23-21(22)28)20(27)25-24-19(26)16-11-9-15(10-12-16)13-29-17-7-5-4-6-8-17/h4-12,14,18H,3,13H2,1-2H3,(H,24,26)(H,25,27)(H3,22,23,28)/t14-,18-/m0/s1. The number of hydrazine groups is 1. The lowest BCUT2D eigenvalue weighted by Gasteiger charge is -2.22. The molecular weight excluding hydrogens is 372 g/mol. The molecule has 0 aromatic heterocycles. The summed E-state index contributed by atoms with van der Waals surface area (Å²) >= 11 is 0. The number of carbonyl (C=O) groups is 3. The molecule has 29 heavy (non-hydrogen) atoms. The quantitative estimate of drug-likeness (QED) is 0.509. The second-order valence-electron chi connectivity index (χ2n) is 6.61. The van der Waals surface area contributed by atoms with E-state index in [9.17, 15) is 14.4 Å². The molecule has 0 unspecified atom stereocenters. The Balaban J connectivity index is 1.88. The van der Waals surface area contributed by atoms with E-state index < -0.39 is 23.9 Å². The third kappa shape index (κ3) is 6.84. The number of primary amides is 1. The molecule has 0 saturated heterocycles. The highest BCUT2D eigenvalue weighted by molar-refractivity contribution is 5.96. The molecule has 4 amide bonds. The summed E-state index contributed by atoms with van der Waals surface area (Å²) in [7, 11) is 0. The van der Waals surface area contributed by atoms with Gasteiger partial charge in [-0.3, -0.25) is 20.4 Å². The minimum absolute atomic E-state index is 0.150. The number of hydrogen-bond acceptors (Lipinski definition) is 4. The van der Waals surface area contributed by atoms with Crippen LogP contribution in [-0.4, -0.2) is 23.9 Å². The first-order valence-electron chi connectivity index (χ1n) is 9.33. The van der Waals surface area contributed by atoms with Crippen LogP contribution in [-0.2, 0) is 11.4 Å². The highest BCUT2D eigenvalue weighted by Gasteiger charge is 2.25. The van der Waals surface area contributed by atoms with Crippen LogP contribution in [0.1, 0.15) is 36.2 Å². The van der Waals surface area contributed by atoms with Gasteiger partial charge in [0.2, 0.25) is 0 Å². The van der Waals surface area contributed by atoms with Crippen LogP contribution >= 0.6 is 0 Å². The molecule has 0 spiro atoms. The summed E-state index contributed by atoms with van der Waals surface area (Å²) in [5.74, 6) is -0.406. The maximum atomic E-state index is 12.3. The second-order valence-corrected chi connectivity index (χ2v) is 6.61. The fourth-order valence-corrected chi connectivity index (χ4v) is 2.56. The summed E-state index contributed by atoms with van der Waals surface area (Å²) in [5, 5.41) is 2.39. The Kier molecular flexibility index (Phi) is 8.02. The summed E-state index contributed by atoms with van der Waals surface area (Å²) < 4.78 is 5.66. The Labute approximate surface area is 169 Å². The highest BCUT2D eigenvalue weighted by Crippen LogP contribution is 2.12. The SMILES string of the molecule is CC[C@H](C)[C@H](NC(N)=O)C(=O)NNC(=O)c1ccc(COc2ccccc2)cc1. The number of nitrogens with two attached hydrogens (primary N) is 1. The predicted molar refractivity (Wildman–Crippen MR) is 109 cm³/mol. The van der Waals surface area contributed by atoms with Crippen molar-refractivity contribution in [1.82, 2.24) is 16.2 Å². The lowest BCUT2D eigenvalue weighted by atomic mass is 9.99. The number of benzene rings is 2. The zero-order valence-electron chi connectivity index (χ0n) is 16.5. The maximum absolute atomic E-state index is 12.3. The average molecular weight is 398 g/mol. The van der Waals surface area contributed by atoms with Crippen LogP contribution in [0, 0.1) is 5.92 Å². The molecule has 8 heteroatoms. The normalized spacial score (nSPS) is 12.3. The number of para-hydroxylation sites is 1. The lowest BCUT2D eigenvalue weighted by molar-refractivity contribution is -0.124. The van der Waals surface area contributed by atoms with E-state index in [0.717, 1.165) is 11.3 Å². The van der Waals surface area contributed by atoms with E-state index in [-0.39, 0.29) is 5.92 Å². The topological polar surface area (TPSA) is 123 Å². The molecule has 8 nitrogen and oxygen atoms in total. The van der Waals surface area contributed by atoms with Crippen molar-refractivity contribution < 1.29 is 19.1 Å². The van der Waals surface area contributed by atoms with E-state index >= 15 is 0 Å². The Morgan fingerprint density at radius 3 is 2.24 bits per heavy atom. The molecule has 0 aliphatic heterocycles. The molecule has 2 rings (SSSR count). The van der Waals surface area contributed by atoms with Crippen LogP contribution in [0.2, 0.25) is 0 Å². The molecule has 0 heterocycles. The number of nitrogens with one attached hydrogen (secondary N) is 3. The number of urea groups is 1. The van der Waals surface area contributed by atoms with E-state index in [1.165, 1.54) is 0 Å². The summed E-state index contributed by atoms with van der Waals surface area (Å²) in [6.45, 7) is 4.06. The summed E-state index contributed by atoms with van der Waals surface area (Å²) in [4.78, 5) is 35.6. The van der Waals surface area contributed by atoms with Gasteiger partial charge in [0.25, 0.3) is 11.8 Å². The van der Waals surface area contributed by atoms with Crippen LogP contribution in [0.4, 0.5) is 4.79 Å². The zero-order chi connectivity index (χ0) is 21.2. The van der Waals surface area contributed by atoms with Crippen LogP contribution < -0.4 is 26.6 Å². The fourth-order valence-electron chi connectivity index (χ4n) is 2.56. The van der Waals surface area contributed by atoms with Gasteiger partial charge >= 0.3 is 6.03 Å². The van der Waals surface area contributed by atoms with Crippen molar-refractivity contribution in [3.05, 3.63) is 65.7 Å². The van der Waals surface area contributed by atoms with Gasteiger partial charge in [-0.15, -0.1) is 0 Å². The molecule has 154 valence electrons. The van der Waals surface area contributed by atoms with E-state index in [0.29, 0.717) is 18.6 Å². The van der Waals surface area contributed by atoms with Crippen LogP contribution in [0.3, 0.4) is 0 Å². The summed E-state index contributed by atoms with van der Waals surface area (Å²) in [6.07, 6.45) is 0.652. The van der Waals surface area contributed by atoms with Crippen molar-refractivity contribution in [3.63, 3.8) is 0 Å². The molecule has 0 aliphatic carbocycles. The Morgan fingerprint density at radius 2 is 1.66 bits per heavy atom. The first-order chi connectivity index (χ1) is 13.9. The number of rotatable bonds is 8. The first-order valence-corrected chi connectivity index (χ1v) is 9.33. The smallest absolute Gasteiger partial charge is 0.312 e. The van der Waals surface area contributed by atoms with Crippen LogP contribution in [0.25, 0.3) is 0 Å². The molecule has 5 N–H and O–H groups in total. The molecule has 2 atom stereocenters. The molecule has 0 radical (unpaired) electrons. The molecule has 0 aliphatic rings. The van der Waals surface area contributed by atoms with Gasteiger partial charge in [-0.05, 0) is 35.7 Å². The third-order valence-corrected chi connectivity index (χ3v) is 4.46. The largest absolute Gasteiger partial charge is 0.489 e. The van der Waals surface area contributed by atoms with Crippen molar-refractivity contribution in [2.24, 2.45) is 11.7 Å². The predicted octanol–water partition coefficient (Wildman–Crippen LogP) is 2.11. The third-order valence-electron chi connectivity index (χ3n) is 4.46. The van der Waals surface area contributed by atoms with Crippen molar-refractivity contribution in [2.75, 3.05) is 0 Å². The summed E-state index contributed by atoms with van der Waals surface area (Å²) in [5.41, 5.74) is 11.1. The van der Waals surface area contributed by atoms with Crippen LogP contribution in [0.5, 0.6) is 5.75 Å². The average Bonchev–Trinajstić information content (AvgIpc) is 2.74. The monoisotopic (exact) mass is 398 g/mol.